The molecule has 1 aliphatic carbocycles. The summed E-state index contributed by atoms with van der Waals surface area (Å²) < 4.78 is 0. The predicted molar refractivity (Wildman–Crippen MR) is 65.2 cm³/mol. The fourth-order valence-electron chi connectivity index (χ4n) is 1.65. The average Bonchev–Trinajstić information content (AvgIpc) is 3.07. The molecule has 1 saturated carbocycles. The fourth-order valence-corrected chi connectivity index (χ4v) is 1.65. The summed E-state index contributed by atoms with van der Waals surface area (Å²) >= 11 is 0. The second kappa shape index (κ2) is 4.58. The number of carbonyl (C=O) groups excluding carboxylic acids is 1. The first-order valence-electron chi connectivity index (χ1n) is 5.87. The van der Waals surface area contributed by atoms with Gasteiger partial charge in [-0.15, -0.1) is 0 Å². The highest BCUT2D eigenvalue weighted by Gasteiger charge is 2.37. The molecule has 0 heterocycles. The van der Waals surface area contributed by atoms with Gasteiger partial charge in [-0.05, 0) is 36.0 Å². The molecule has 1 amide bonds. The van der Waals surface area contributed by atoms with Gasteiger partial charge < -0.3 is 5.32 Å². The Morgan fingerprint density at radius 2 is 2.06 bits per heavy atom. The lowest BCUT2D eigenvalue weighted by Gasteiger charge is -2.09. The van der Waals surface area contributed by atoms with E-state index in [0.29, 0.717) is 17.4 Å². The van der Waals surface area contributed by atoms with Crippen molar-refractivity contribution >= 4 is 5.91 Å². The van der Waals surface area contributed by atoms with E-state index < -0.39 is 0 Å². The summed E-state index contributed by atoms with van der Waals surface area (Å²) in [6, 6.07) is 9.20. The molecule has 0 radical (unpaired) electrons. The molecule has 1 aromatic rings. The Bertz CT molecular complexity index is 452. The van der Waals surface area contributed by atoms with Gasteiger partial charge in [-0.25, -0.2) is 0 Å². The van der Waals surface area contributed by atoms with E-state index in [1.165, 1.54) is 12.8 Å². The number of nitriles is 1. The monoisotopic (exact) mass is 228 g/mol. The van der Waals surface area contributed by atoms with Crippen LogP contribution >= 0.6 is 0 Å². The quantitative estimate of drug-likeness (QED) is 0.857. The Morgan fingerprint density at radius 1 is 1.41 bits per heavy atom. The number of nitrogens with zero attached hydrogens (tertiary/aromatic N) is 1. The lowest BCUT2D eigenvalue weighted by molar-refractivity contribution is -0.120. The first-order valence-corrected chi connectivity index (χ1v) is 5.87. The lowest BCUT2D eigenvalue weighted by Crippen LogP contribution is -2.30. The van der Waals surface area contributed by atoms with E-state index in [0.717, 1.165) is 12.1 Å². The van der Waals surface area contributed by atoms with E-state index >= 15 is 0 Å². The Morgan fingerprint density at radius 3 is 2.59 bits per heavy atom. The molecule has 17 heavy (non-hydrogen) atoms. The van der Waals surface area contributed by atoms with Crippen LogP contribution in [0.4, 0.5) is 0 Å². The molecule has 0 aromatic heterocycles. The molecule has 1 aromatic carbocycles. The number of benzene rings is 1. The first-order chi connectivity index (χ1) is 8.11. The van der Waals surface area contributed by atoms with Crippen molar-refractivity contribution in [2.24, 2.45) is 5.41 Å². The average molecular weight is 228 g/mol. The number of rotatable bonds is 4. The van der Waals surface area contributed by atoms with E-state index in [2.05, 4.69) is 18.3 Å². The van der Waals surface area contributed by atoms with Gasteiger partial charge in [0.25, 0.3) is 0 Å². The van der Waals surface area contributed by atoms with Gasteiger partial charge in [0.05, 0.1) is 18.1 Å². The minimum absolute atomic E-state index is 0.0582. The van der Waals surface area contributed by atoms with Crippen LogP contribution in [0.5, 0.6) is 0 Å². The summed E-state index contributed by atoms with van der Waals surface area (Å²) in [5.74, 6) is 0.0582. The molecule has 0 bridgehead atoms. The first kappa shape index (κ1) is 11.7. The van der Waals surface area contributed by atoms with Crippen LogP contribution in [-0.2, 0) is 11.2 Å². The lowest BCUT2D eigenvalue weighted by atomic mass is 10.1. The van der Waals surface area contributed by atoms with Crippen LogP contribution in [0.15, 0.2) is 24.3 Å². The zero-order valence-electron chi connectivity index (χ0n) is 9.99. The zero-order valence-corrected chi connectivity index (χ0v) is 9.99. The fraction of sp³-hybridized carbons (Fsp3) is 0.429. The third kappa shape index (κ3) is 3.32. The molecule has 88 valence electrons. The number of nitrogens with one attached hydrogen (secondary N) is 1. The largest absolute Gasteiger partial charge is 0.355 e. The molecular formula is C14H16N2O. The summed E-state index contributed by atoms with van der Waals surface area (Å²) in [6.07, 6.45) is 2.82. The second-order valence-corrected chi connectivity index (χ2v) is 5.07. The number of hydrogen-bond donors (Lipinski definition) is 1. The Kier molecular flexibility index (Phi) is 3.14. The van der Waals surface area contributed by atoms with Crippen molar-refractivity contribution < 1.29 is 4.79 Å². The maximum atomic E-state index is 11.7. The molecule has 0 saturated heterocycles. The maximum absolute atomic E-state index is 11.7. The van der Waals surface area contributed by atoms with Crippen molar-refractivity contribution in [3.8, 4) is 6.07 Å². The molecule has 3 heteroatoms. The van der Waals surface area contributed by atoms with E-state index in [1.54, 1.807) is 12.1 Å². The molecule has 3 nitrogen and oxygen atoms in total. The Labute approximate surface area is 101 Å². The van der Waals surface area contributed by atoms with E-state index in [1.807, 2.05) is 12.1 Å². The van der Waals surface area contributed by atoms with Crippen LogP contribution in [0.3, 0.4) is 0 Å². The van der Waals surface area contributed by atoms with Crippen LogP contribution in [0.25, 0.3) is 0 Å². The third-order valence-corrected chi connectivity index (χ3v) is 3.26. The van der Waals surface area contributed by atoms with Crippen LogP contribution < -0.4 is 5.32 Å². The summed E-state index contributed by atoms with van der Waals surface area (Å²) in [6.45, 7) is 2.97. The minimum Gasteiger partial charge on any atom is -0.355 e. The van der Waals surface area contributed by atoms with Crippen molar-refractivity contribution in [2.75, 3.05) is 6.54 Å². The standard InChI is InChI=1S/C14H16N2O/c1-14(6-7-14)10-16-13(17)8-11-2-4-12(9-15)5-3-11/h2-5H,6-8,10H2,1H3,(H,16,17). The summed E-state index contributed by atoms with van der Waals surface area (Å²) in [5, 5.41) is 11.6. The van der Waals surface area contributed by atoms with Crippen molar-refractivity contribution in [1.29, 1.82) is 5.26 Å². The SMILES string of the molecule is CC1(CNC(=O)Cc2ccc(C#N)cc2)CC1. The van der Waals surface area contributed by atoms with Crippen molar-refractivity contribution in [2.45, 2.75) is 26.2 Å². The molecule has 0 unspecified atom stereocenters. The molecular weight excluding hydrogens is 212 g/mol. The highest BCUT2D eigenvalue weighted by atomic mass is 16.1. The minimum atomic E-state index is 0.0582. The van der Waals surface area contributed by atoms with Crippen LogP contribution in [-0.4, -0.2) is 12.5 Å². The molecule has 0 spiro atoms. The van der Waals surface area contributed by atoms with E-state index in [-0.39, 0.29) is 5.91 Å². The summed E-state index contributed by atoms with van der Waals surface area (Å²) in [5.41, 5.74) is 1.92. The predicted octanol–water partition coefficient (Wildman–Crippen LogP) is 2.02. The van der Waals surface area contributed by atoms with E-state index in [9.17, 15) is 4.79 Å². The van der Waals surface area contributed by atoms with Gasteiger partial charge in [0.2, 0.25) is 5.91 Å². The molecule has 1 fully saturated rings. The molecule has 0 atom stereocenters. The number of amides is 1. The Hall–Kier alpha value is -1.82. The smallest absolute Gasteiger partial charge is 0.224 e. The second-order valence-electron chi connectivity index (χ2n) is 5.07. The van der Waals surface area contributed by atoms with Gasteiger partial charge in [0.1, 0.15) is 0 Å². The Balaban J connectivity index is 1.83. The van der Waals surface area contributed by atoms with Crippen molar-refractivity contribution in [3.63, 3.8) is 0 Å². The van der Waals surface area contributed by atoms with E-state index in [4.69, 9.17) is 5.26 Å². The highest BCUT2D eigenvalue weighted by molar-refractivity contribution is 5.78. The third-order valence-electron chi connectivity index (χ3n) is 3.26. The van der Waals surface area contributed by atoms with Gasteiger partial charge in [0.15, 0.2) is 0 Å². The molecule has 1 N–H and O–H groups in total. The van der Waals surface area contributed by atoms with Gasteiger partial charge in [-0.3, -0.25) is 4.79 Å². The van der Waals surface area contributed by atoms with Gasteiger partial charge >= 0.3 is 0 Å². The van der Waals surface area contributed by atoms with Crippen LogP contribution in [0.2, 0.25) is 0 Å². The topological polar surface area (TPSA) is 52.9 Å². The van der Waals surface area contributed by atoms with Crippen LogP contribution in [0.1, 0.15) is 30.9 Å². The van der Waals surface area contributed by atoms with Gasteiger partial charge in [0, 0.05) is 6.54 Å². The number of carbonyl (C=O) groups is 1. The molecule has 2 rings (SSSR count). The molecule has 0 aliphatic heterocycles. The summed E-state index contributed by atoms with van der Waals surface area (Å²) in [7, 11) is 0. The normalized spacial score (nSPS) is 16.0. The molecule has 1 aliphatic rings. The maximum Gasteiger partial charge on any atom is 0.224 e. The number of hydrogen-bond acceptors (Lipinski definition) is 2. The highest BCUT2D eigenvalue weighted by Crippen LogP contribution is 2.43. The van der Waals surface area contributed by atoms with Gasteiger partial charge in [-0.2, -0.15) is 5.26 Å². The van der Waals surface area contributed by atoms with Crippen LogP contribution in [0, 0.1) is 16.7 Å². The zero-order chi connectivity index (χ0) is 12.3. The van der Waals surface area contributed by atoms with Crippen molar-refractivity contribution in [3.05, 3.63) is 35.4 Å². The summed E-state index contributed by atoms with van der Waals surface area (Å²) in [4.78, 5) is 11.7. The van der Waals surface area contributed by atoms with Crippen molar-refractivity contribution in [1.82, 2.24) is 5.32 Å². The van der Waals surface area contributed by atoms with Gasteiger partial charge in [-0.1, -0.05) is 19.1 Å².